The second-order valence-corrected chi connectivity index (χ2v) is 5.03. The van der Waals surface area contributed by atoms with E-state index < -0.39 is 5.97 Å². The average molecular weight is 283 g/mol. The maximum atomic E-state index is 10.5. The molecule has 0 fully saturated rings. The van der Waals surface area contributed by atoms with Crippen LogP contribution in [0.5, 0.6) is 0 Å². The Morgan fingerprint density at radius 2 is 2.33 bits per heavy atom. The summed E-state index contributed by atoms with van der Waals surface area (Å²) in [4.78, 5) is 14.7. The minimum absolute atomic E-state index is 0.00651. The first kappa shape index (κ1) is 13.0. The molecular weight excluding hydrogens is 272 g/mol. The maximum absolute atomic E-state index is 10.5. The molecule has 4 nitrogen and oxygen atoms in total. The van der Waals surface area contributed by atoms with E-state index in [2.05, 4.69) is 4.98 Å². The number of nitrogens with zero attached hydrogens (tertiary/aromatic N) is 2. The molecule has 1 aromatic carbocycles. The number of hydrogen-bond acceptors (Lipinski definition) is 3. The van der Waals surface area contributed by atoms with Crippen LogP contribution in [0.25, 0.3) is 0 Å². The summed E-state index contributed by atoms with van der Waals surface area (Å²) >= 11 is 7.12. The van der Waals surface area contributed by atoms with E-state index in [-0.39, 0.29) is 5.75 Å². The molecule has 0 bridgehead atoms. The summed E-state index contributed by atoms with van der Waals surface area (Å²) in [6.07, 6.45) is 3.49. The Kier molecular flexibility index (Phi) is 4.28. The van der Waals surface area contributed by atoms with Crippen molar-refractivity contribution in [1.29, 1.82) is 0 Å². The molecule has 0 aliphatic rings. The van der Waals surface area contributed by atoms with Gasteiger partial charge >= 0.3 is 5.97 Å². The monoisotopic (exact) mass is 282 g/mol. The summed E-state index contributed by atoms with van der Waals surface area (Å²) in [5.41, 5.74) is 1.05. The molecule has 0 unspecified atom stereocenters. The Morgan fingerprint density at radius 1 is 1.50 bits per heavy atom. The number of aromatic nitrogens is 2. The van der Waals surface area contributed by atoms with E-state index in [1.54, 1.807) is 6.20 Å². The Morgan fingerprint density at radius 3 is 3.06 bits per heavy atom. The summed E-state index contributed by atoms with van der Waals surface area (Å²) in [5, 5.41) is 10.0. The second kappa shape index (κ2) is 5.93. The highest BCUT2D eigenvalue weighted by atomic mass is 35.5. The molecule has 2 rings (SSSR count). The number of aliphatic carboxylic acids is 1. The summed E-state index contributed by atoms with van der Waals surface area (Å²) < 4.78 is 1.90. The highest BCUT2D eigenvalue weighted by Gasteiger charge is 2.07. The number of rotatable bonds is 5. The molecule has 6 heteroatoms. The first-order chi connectivity index (χ1) is 8.65. The molecule has 0 atom stereocenters. The molecule has 1 aromatic heterocycles. The van der Waals surface area contributed by atoms with Gasteiger partial charge < -0.3 is 9.67 Å². The number of hydrogen-bond donors (Lipinski definition) is 1. The van der Waals surface area contributed by atoms with Gasteiger partial charge in [-0.1, -0.05) is 35.5 Å². The van der Waals surface area contributed by atoms with Crippen LogP contribution >= 0.6 is 23.4 Å². The zero-order valence-electron chi connectivity index (χ0n) is 9.41. The summed E-state index contributed by atoms with van der Waals surface area (Å²) in [5.74, 6) is -0.843. The van der Waals surface area contributed by atoms with E-state index >= 15 is 0 Å². The highest BCUT2D eigenvalue weighted by Crippen LogP contribution is 2.18. The van der Waals surface area contributed by atoms with Crippen LogP contribution in [-0.2, 0) is 11.3 Å². The Balaban J connectivity index is 2.10. The lowest BCUT2D eigenvalue weighted by Gasteiger charge is -2.07. The molecule has 0 saturated carbocycles. The molecule has 94 valence electrons. The number of imidazole rings is 1. The lowest BCUT2D eigenvalue weighted by Crippen LogP contribution is -2.03. The van der Waals surface area contributed by atoms with Crippen molar-refractivity contribution in [1.82, 2.24) is 9.55 Å². The fourth-order valence-corrected chi connectivity index (χ4v) is 2.41. The van der Waals surface area contributed by atoms with Crippen LogP contribution in [0.2, 0.25) is 5.02 Å². The van der Waals surface area contributed by atoms with Gasteiger partial charge in [0.15, 0.2) is 5.16 Å². The zero-order chi connectivity index (χ0) is 13.0. The quantitative estimate of drug-likeness (QED) is 0.857. The van der Waals surface area contributed by atoms with Crippen molar-refractivity contribution in [2.24, 2.45) is 0 Å². The van der Waals surface area contributed by atoms with Gasteiger partial charge in [0, 0.05) is 24.0 Å². The fourth-order valence-electron chi connectivity index (χ4n) is 1.51. The molecule has 1 N–H and O–H groups in total. The maximum Gasteiger partial charge on any atom is 0.313 e. The van der Waals surface area contributed by atoms with Gasteiger partial charge in [0.2, 0.25) is 0 Å². The van der Waals surface area contributed by atoms with Gasteiger partial charge in [0.05, 0.1) is 5.75 Å². The van der Waals surface area contributed by atoms with Crippen molar-refractivity contribution in [3.05, 3.63) is 47.2 Å². The molecule has 2 aromatic rings. The topological polar surface area (TPSA) is 55.1 Å². The van der Waals surface area contributed by atoms with Gasteiger partial charge in [-0.15, -0.1) is 0 Å². The Labute approximate surface area is 114 Å². The molecule has 0 spiro atoms. The van der Waals surface area contributed by atoms with Crippen LogP contribution in [-0.4, -0.2) is 26.4 Å². The second-order valence-electron chi connectivity index (χ2n) is 3.65. The smallest absolute Gasteiger partial charge is 0.313 e. The van der Waals surface area contributed by atoms with Crippen molar-refractivity contribution in [3.8, 4) is 0 Å². The van der Waals surface area contributed by atoms with Crippen LogP contribution in [0.4, 0.5) is 0 Å². The Bertz CT molecular complexity index is 557. The lowest BCUT2D eigenvalue weighted by atomic mass is 10.2. The number of carboxylic acid groups (broad SMARTS) is 1. The predicted octanol–water partition coefficient (Wildman–Crippen LogP) is 2.76. The number of thioether (sulfide) groups is 1. The van der Waals surface area contributed by atoms with Gasteiger partial charge in [0.25, 0.3) is 0 Å². The van der Waals surface area contributed by atoms with E-state index in [9.17, 15) is 4.79 Å². The third kappa shape index (κ3) is 3.51. The Hall–Kier alpha value is -1.46. The van der Waals surface area contributed by atoms with E-state index in [0.29, 0.717) is 16.7 Å². The zero-order valence-corrected chi connectivity index (χ0v) is 11.0. The van der Waals surface area contributed by atoms with Gasteiger partial charge in [-0.3, -0.25) is 4.79 Å². The highest BCUT2D eigenvalue weighted by molar-refractivity contribution is 7.99. The molecular formula is C12H11ClN2O2S. The van der Waals surface area contributed by atoms with Crippen molar-refractivity contribution in [2.75, 3.05) is 5.75 Å². The largest absolute Gasteiger partial charge is 0.481 e. The summed E-state index contributed by atoms with van der Waals surface area (Å²) in [6, 6.07) is 7.56. The van der Waals surface area contributed by atoms with Crippen molar-refractivity contribution < 1.29 is 9.90 Å². The fraction of sp³-hybridized carbons (Fsp3) is 0.167. The van der Waals surface area contributed by atoms with Crippen LogP contribution in [0.3, 0.4) is 0 Å². The first-order valence-electron chi connectivity index (χ1n) is 5.25. The van der Waals surface area contributed by atoms with Crippen molar-refractivity contribution >= 4 is 29.3 Å². The average Bonchev–Trinajstić information content (AvgIpc) is 2.74. The molecule has 0 saturated heterocycles. The van der Waals surface area contributed by atoms with Gasteiger partial charge in [-0.05, 0) is 17.7 Å². The lowest BCUT2D eigenvalue weighted by molar-refractivity contribution is -0.133. The van der Waals surface area contributed by atoms with Crippen LogP contribution < -0.4 is 0 Å². The molecule has 1 heterocycles. The van der Waals surface area contributed by atoms with Crippen molar-refractivity contribution in [3.63, 3.8) is 0 Å². The van der Waals surface area contributed by atoms with Gasteiger partial charge in [0.1, 0.15) is 0 Å². The third-order valence-electron chi connectivity index (χ3n) is 2.24. The number of halogens is 1. The van der Waals surface area contributed by atoms with E-state index in [1.165, 1.54) is 11.8 Å². The van der Waals surface area contributed by atoms with E-state index in [0.717, 1.165) is 5.56 Å². The number of benzene rings is 1. The molecule has 0 amide bonds. The standard InChI is InChI=1S/C12H11ClN2O2S/c13-10-3-1-2-9(6-10)7-15-5-4-14-12(15)18-8-11(16)17/h1-6H,7-8H2,(H,16,17). The summed E-state index contributed by atoms with van der Waals surface area (Å²) in [7, 11) is 0. The minimum Gasteiger partial charge on any atom is -0.481 e. The molecule has 0 radical (unpaired) electrons. The van der Waals surface area contributed by atoms with Gasteiger partial charge in [-0.2, -0.15) is 0 Å². The van der Waals surface area contributed by atoms with Crippen LogP contribution in [0.1, 0.15) is 5.56 Å². The first-order valence-corrected chi connectivity index (χ1v) is 6.61. The van der Waals surface area contributed by atoms with Crippen molar-refractivity contribution in [2.45, 2.75) is 11.7 Å². The predicted molar refractivity (Wildman–Crippen MR) is 71.1 cm³/mol. The van der Waals surface area contributed by atoms with E-state index in [1.807, 2.05) is 35.0 Å². The molecule has 18 heavy (non-hydrogen) atoms. The number of carbonyl (C=O) groups is 1. The minimum atomic E-state index is -0.850. The third-order valence-corrected chi connectivity index (χ3v) is 3.47. The summed E-state index contributed by atoms with van der Waals surface area (Å²) in [6.45, 7) is 0.627. The van der Waals surface area contributed by atoms with Crippen LogP contribution in [0.15, 0.2) is 41.8 Å². The molecule has 0 aliphatic heterocycles. The number of carboxylic acids is 1. The normalized spacial score (nSPS) is 10.5. The van der Waals surface area contributed by atoms with Crippen LogP contribution in [0, 0.1) is 0 Å². The SMILES string of the molecule is O=C(O)CSc1nccn1Cc1cccc(Cl)c1. The molecule has 0 aliphatic carbocycles. The van der Waals surface area contributed by atoms with Gasteiger partial charge in [-0.25, -0.2) is 4.98 Å². The van der Waals surface area contributed by atoms with E-state index in [4.69, 9.17) is 16.7 Å².